The van der Waals surface area contributed by atoms with Crippen LogP contribution in [0.15, 0.2) is 23.8 Å². The predicted molar refractivity (Wildman–Crippen MR) is 146 cm³/mol. The lowest BCUT2D eigenvalue weighted by Crippen LogP contribution is -2.50. The highest BCUT2D eigenvalue weighted by atomic mass is 28.4. The molecule has 0 fully saturated rings. The first-order valence-corrected chi connectivity index (χ1v) is 16.3. The van der Waals surface area contributed by atoms with E-state index in [1.54, 1.807) is 33.8 Å². The van der Waals surface area contributed by atoms with Crippen LogP contribution in [0.4, 0.5) is 13.2 Å². The van der Waals surface area contributed by atoms with Gasteiger partial charge in [0.05, 0.1) is 6.10 Å². The third kappa shape index (κ3) is 8.90. The van der Waals surface area contributed by atoms with Crippen molar-refractivity contribution in [2.24, 2.45) is 23.2 Å². The lowest BCUT2D eigenvalue weighted by molar-refractivity contribution is -0.156. The van der Waals surface area contributed by atoms with Gasteiger partial charge in [0, 0.05) is 29.7 Å². The van der Waals surface area contributed by atoms with Gasteiger partial charge in [0.2, 0.25) is 0 Å². The van der Waals surface area contributed by atoms with Crippen molar-refractivity contribution >= 4 is 25.9 Å². The Morgan fingerprint density at radius 3 is 2.13 bits per heavy atom. The Bertz CT molecular complexity index is 927. The van der Waals surface area contributed by atoms with Gasteiger partial charge in [-0.15, -0.1) is 0 Å². The smallest absolute Gasteiger partial charge is 0.412 e. The first-order chi connectivity index (χ1) is 17.0. The van der Waals surface area contributed by atoms with Crippen LogP contribution in [0.2, 0.25) is 18.1 Å². The number of ketones is 2. The largest absolute Gasteiger partial charge is 0.454 e. The molecule has 1 heterocycles. The van der Waals surface area contributed by atoms with E-state index >= 15 is 0 Å². The topological polar surface area (TPSA) is 69.7 Å². The summed E-state index contributed by atoms with van der Waals surface area (Å²) in [4.78, 5) is 38.6. The third-order valence-corrected chi connectivity index (χ3v) is 12.9. The van der Waals surface area contributed by atoms with E-state index < -0.39 is 67.7 Å². The van der Waals surface area contributed by atoms with Crippen LogP contribution in [-0.4, -0.2) is 44.2 Å². The van der Waals surface area contributed by atoms with Crippen molar-refractivity contribution in [2.45, 2.75) is 118 Å². The van der Waals surface area contributed by atoms with Crippen LogP contribution in [0.25, 0.3) is 0 Å². The normalized spacial score (nSPS) is 31.2. The molecule has 1 unspecified atom stereocenters. The quantitative estimate of drug-likeness (QED) is 0.202. The molecule has 9 heteroatoms. The zero-order chi connectivity index (χ0) is 29.9. The molecular formula is C29H47F3O5Si. The molecule has 0 bridgehead atoms. The van der Waals surface area contributed by atoms with Crippen LogP contribution in [0.5, 0.6) is 0 Å². The molecule has 5 nitrogen and oxygen atoms in total. The minimum absolute atomic E-state index is 0.0900. The molecule has 0 saturated carbocycles. The fourth-order valence-electron chi connectivity index (χ4n) is 4.25. The molecule has 0 radical (unpaired) electrons. The first-order valence-electron chi connectivity index (χ1n) is 13.4. The number of esters is 1. The summed E-state index contributed by atoms with van der Waals surface area (Å²) < 4.78 is 53.3. The molecule has 1 rings (SSSR count). The van der Waals surface area contributed by atoms with E-state index in [2.05, 4.69) is 33.9 Å². The zero-order valence-corrected chi connectivity index (χ0v) is 25.9. The molecule has 0 aromatic carbocycles. The van der Waals surface area contributed by atoms with Crippen molar-refractivity contribution < 1.29 is 36.7 Å². The van der Waals surface area contributed by atoms with Crippen molar-refractivity contribution in [3.63, 3.8) is 0 Å². The molecular weight excluding hydrogens is 513 g/mol. The number of cyclic esters (lactones) is 1. The Kier molecular flexibility index (Phi) is 11.4. The van der Waals surface area contributed by atoms with Crippen LogP contribution in [0.1, 0.15) is 81.6 Å². The molecule has 0 aliphatic carbocycles. The molecule has 1 aliphatic heterocycles. The van der Waals surface area contributed by atoms with Crippen molar-refractivity contribution in [3.8, 4) is 0 Å². The number of hydrogen-bond donors (Lipinski definition) is 0. The summed E-state index contributed by atoms with van der Waals surface area (Å²) in [5, 5.41) is -0.138. The van der Waals surface area contributed by atoms with Crippen molar-refractivity contribution in [1.29, 1.82) is 0 Å². The number of hydrogen-bond acceptors (Lipinski definition) is 5. The van der Waals surface area contributed by atoms with Gasteiger partial charge in [-0.1, -0.05) is 73.6 Å². The van der Waals surface area contributed by atoms with Crippen molar-refractivity contribution in [3.05, 3.63) is 23.8 Å². The summed E-state index contributed by atoms with van der Waals surface area (Å²) in [5.74, 6) is -2.70. The Hall–Kier alpha value is -1.74. The summed E-state index contributed by atoms with van der Waals surface area (Å²) in [6.07, 6.45) is -3.34. The highest BCUT2D eigenvalue weighted by Gasteiger charge is 2.46. The number of ether oxygens (including phenoxy) is 1. The average molecular weight is 561 g/mol. The summed E-state index contributed by atoms with van der Waals surface area (Å²) in [6, 6.07) is 0. The Labute approximate surface area is 227 Å². The van der Waals surface area contributed by atoms with Gasteiger partial charge in [-0.25, -0.2) is 0 Å². The van der Waals surface area contributed by atoms with E-state index in [1.807, 2.05) is 6.92 Å². The maximum atomic E-state index is 13.9. The summed E-state index contributed by atoms with van der Waals surface area (Å²) >= 11 is 0. The Balaban J connectivity index is 3.62. The van der Waals surface area contributed by atoms with Crippen molar-refractivity contribution in [2.75, 3.05) is 0 Å². The third-order valence-electron chi connectivity index (χ3n) is 8.45. The van der Waals surface area contributed by atoms with Crippen LogP contribution in [-0.2, 0) is 23.5 Å². The minimum atomic E-state index is -4.61. The minimum Gasteiger partial charge on any atom is -0.454 e. The summed E-state index contributed by atoms with van der Waals surface area (Å²) in [5.41, 5.74) is -1.74. The Morgan fingerprint density at radius 2 is 1.66 bits per heavy atom. The number of Topliss-reactive ketones (excluding diaryl/α,β-unsaturated/α-hetero) is 2. The molecule has 0 amide bonds. The molecule has 0 aromatic heterocycles. The lowest BCUT2D eigenvalue weighted by atomic mass is 9.69. The molecule has 1 aliphatic rings. The fourth-order valence-corrected chi connectivity index (χ4v) is 5.71. The van der Waals surface area contributed by atoms with E-state index in [9.17, 15) is 27.6 Å². The van der Waals surface area contributed by atoms with E-state index in [0.717, 1.165) is 6.08 Å². The summed E-state index contributed by atoms with van der Waals surface area (Å²) in [6.45, 7) is 20.6. The van der Waals surface area contributed by atoms with E-state index in [4.69, 9.17) is 9.16 Å². The average Bonchev–Trinajstić information content (AvgIpc) is 2.74. The molecule has 0 spiro atoms. The molecule has 218 valence electrons. The van der Waals surface area contributed by atoms with Gasteiger partial charge in [-0.05, 0) is 43.3 Å². The monoisotopic (exact) mass is 560 g/mol. The maximum Gasteiger partial charge on any atom is 0.412 e. The van der Waals surface area contributed by atoms with Crippen LogP contribution >= 0.6 is 0 Å². The van der Waals surface area contributed by atoms with Crippen LogP contribution in [0.3, 0.4) is 0 Å². The van der Waals surface area contributed by atoms with Gasteiger partial charge < -0.3 is 9.16 Å². The molecule has 38 heavy (non-hydrogen) atoms. The second-order valence-electron chi connectivity index (χ2n) is 12.9. The van der Waals surface area contributed by atoms with E-state index in [1.165, 1.54) is 13.0 Å². The van der Waals surface area contributed by atoms with Gasteiger partial charge in [-0.3, -0.25) is 14.4 Å². The van der Waals surface area contributed by atoms with Crippen molar-refractivity contribution in [1.82, 2.24) is 0 Å². The highest BCUT2D eigenvalue weighted by molar-refractivity contribution is 6.74. The number of carbonyl (C=O) groups is 3. The van der Waals surface area contributed by atoms with Gasteiger partial charge in [0.15, 0.2) is 20.2 Å². The second-order valence-corrected chi connectivity index (χ2v) is 17.6. The molecule has 0 saturated heterocycles. The maximum absolute atomic E-state index is 13.9. The van der Waals surface area contributed by atoms with Crippen LogP contribution < -0.4 is 0 Å². The number of allylic oxidation sites excluding steroid dienone is 2. The zero-order valence-electron chi connectivity index (χ0n) is 24.9. The number of alkyl halides is 3. The standard InChI is InChI=1S/C29H47F3O5Si/c1-18-13-12-14-22(29(30,31)32)15-16-23(21(4)33)36-24(34)17-19(2)28(8,9)26(35)20(3)25(18)37-38(10,11)27(5,6)7/h12-13,15,18-20,23,25H,14,16-17H2,1-11H3/b13-12+,22-15+/t18-,19-,20?,23-,25-/m0/s1. The summed E-state index contributed by atoms with van der Waals surface area (Å²) in [7, 11) is -2.35. The molecule has 0 aromatic rings. The number of halogens is 3. The molecule has 5 atom stereocenters. The van der Waals surface area contributed by atoms with E-state index in [-0.39, 0.29) is 29.6 Å². The van der Waals surface area contributed by atoms with E-state index in [0.29, 0.717) is 0 Å². The van der Waals surface area contributed by atoms with Gasteiger partial charge in [0.1, 0.15) is 5.78 Å². The van der Waals surface area contributed by atoms with Gasteiger partial charge in [0.25, 0.3) is 0 Å². The van der Waals surface area contributed by atoms with Crippen LogP contribution in [0, 0.1) is 23.2 Å². The highest BCUT2D eigenvalue weighted by Crippen LogP contribution is 2.42. The SMILES string of the molecule is CC(=O)[C@@H]1C/C=C(/C(F)(F)F)C/C=C/[C@H](C)[C@H](O[Si](C)(C)C(C)(C)C)C(C)C(=O)C(C)(C)[C@@H](C)CC(=O)O1. The van der Waals surface area contributed by atoms with Gasteiger partial charge >= 0.3 is 12.1 Å². The molecule has 0 N–H and O–H groups in total. The first kappa shape index (κ1) is 34.3. The Morgan fingerprint density at radius 1 is 1.11 bits per heavy atom. The predicted octanol–water partition coefficient (Wildman–Crippen LogP) is 7.61. The lowest BCUT2D eigenvalue weighted by Gasteiger charge is -2.43. The fraction of sp³-hybridized carbons (Fsp3) is 0.759. The number of rotatable bonds is 3. The second kappa shape index (κ2) is 12.6. The van der Waals surface area contributed by atoms with Gasteiger partial charge in [-0.2, -0.15) is 13.2 Å². The number of carbonyl (C=O) groups excluding carboxylic acids is 3.